The SMILES string of the molecule is CCCCCCCCCCCCCCCC(=O)O.CCCCCCCCCCCCCCCC(=O)O.OCC(CO)(CO)CO. The molecule has 45 heavy (non-hydrogen) atoms. The molecule has 0 aliphatic heterocycles. The van der Waals surface area contributed by atoms with Gasteiger partial charge in [0.2, 0.25) is 0 Å². The maximum atomic E-state index is 10.3. The molecule has 0 aromatic heterocycles. The summed E-state index contributed by atoms with van der Waals surface area (Å²) in [6.45, 7) is 2.90. The molecule has 0 atom stereocenters. The summed E-state index contributed by atoms with van der Waals surface area (Å²) in [4.78, 5) is 20.6. The van der Waals surface area contributed by atoms with Crippen LogP contribution in [0.5, 0.6) is 0 Å². The first-order chi connectivity index (χ1) is 21.8. The number of aliphatic carboxylic acids is 2. The molecule has 0 aliphatic carbocycles. The van der Waals surface area contributed by atoms with Gasteiger partial charge in [-0.05, 0) is 12.8 Å². The lowest BCUT2D eigenvalue weighted by atomic mass is 9.93. The normalized spacial score (nSPS) is 11.0. The predicted octanol–water partition coefficient (Wildman–Crippen LogP) is 9.05. The molecular weight excluding hydrogens is 572 g/mol. The average Bonchev–Trinajstić information content (AvgIpc) is 3.03. The second kappa shape index (κ2) is 40.8. The van der Waals surface area contributed by atoms with Crippen molar-refractivity contribution < 1.29 is 40.2 Å². The van der Waals surface area contributed by atoms with Gasteiger partial charge < -0.3 is 30.6 Å². The van der Waals surface area contributed by atoms with Crippen molar-refractivity contribution in [2.45, 2.75) is 194 Å². The minimum absolute atomic E-state index is 0.345. The van der Waals surface area contributed by atoms with Crippen LogP contribution in [0, 0.1) is 5.41 Å². The Balaban J connectivity index is -0.000000622. The number of hydrogen-bond acceptors (Lipinski definition) is 6. The van der Waals surface area contributed by atoms with Crippen LogP contribution in [-0.4, -0.2) is 69.0 Å². The first-order valence-electron chi connectivity index (χ1n) is 18.7. The highest BCUT2D eigenvalue weighted by Crippen LogP contribution is 2.14. The maximum Gasteiger partial charge on any atom is 0.303 e. The lowest BCUT2D eigenvalue weighted by Crippen LogP contribution is -2.37. The van der Waals surface area contributed by atoms with E-state index in [0.29, 0.717) is 12.8 Å². The van der Waals surface area contributed by atoms with Crippen molar-refractivity contribution in [3.8, 4) is 0 Å². The van der Waals surface area contributed by atoms with E-state index in [1.807, 2.05) is 0 Å². The first-order valence-corrected chi connectivity index (χ1v) is 18.7. The Bertz CT molecular complexity index is 523. The molecule has 0 aromatic carbocycles. The van der Waals surface area contributed by atoms with Gasteiger partial charge in [-0.2, -0.15) is 0 Å². The van der Waals surface area contributed by atoms with Crippen LogP contribution in [0.4, 0.5) is 0 Å². The van der Waals surface area contributed by atoms with Crippen LogP contribution in [0.3, 0.4) is 0 Å². The third-order valence-electron chi connectivity index (χ3n) is 8.33. The molecule has 6 N–H and O–H groups in total. The smallest absolute Gasteiger partial charge is 0.303 e. The molecule has 0 heterocycles. The van der Waals surface area contributed by atoms with Gasteiger partial charge in [-0.25, -0.2) is 0 Å². The molecular formula is C37H76O8. The molecule has 8 nitrogen and oxygen atoms in total. The van der Waals surface area contributed by atoms with E-state index in [4.69, 9.17) is 30.6 Å². The molecule has 0 saturated heterocycles. The van der Waals surface area contributed by atoms with Crippen molar-refractivity contribution in [1.29, 1.82) is 0 Å². The molecule has 0 unspecified atom stereocenters. The van der Waals surface area contributed by atoms with Crippen LogP contribution in [0.15, 0.2) is 0 Å². The Kier molecular flexibility index (Phi) is 43.7. The number of carboxylic acids is 2. The van der Waals surface area contributed by atoms with Gasteiger partial charge in [0.1, 0.15) is 0 Å². The molecule has 0 saturated carbocycles. The predicted molar refractivity (Wildman–Crippen MR) is 187 cm³/mol. The summed E-state index contributed by atoms with van der Waals surface area (Å²) in [6.07, 6.45) is 34.5. The summed E-state index contributed by atoms with van der Waals surface area (Å²) < 4.78 is 0. The Labute approximate surface area is 277 Å². The molecule has 0 bridgehead atoms. The third kappa shape index (κ3) is 42.8. The maximum absolute atomic E-state index is 10.3. The number of aliphatic hydroxyl groups is 4. The van der Waals surface area contributed by atoms with Crippen LogP contribution < -0.4 is 0 Å². The number of hydrogen-bond donors (Lipinski definition) is 6. The number of unbranched alkanes of at least 4 members (excludes halogenated alkanes) is 24. The van der Waals surface area contributed by atoms with Crippen LogP contribution >= 0.6 is 0 Å². The largest absolute Gasteiger partial charge is 0.481 e. The molecule has 0 aromatic rings. The zero-order chi connectivity index (χ0) is 34.3. The fourth-order valence-corrected chi connectivity index (χ4v) is 4.89. The van der Waals surface area contributed by atoms with Gasteiger partial charge in [0.15, 0.2) is 0 Å². The summed E-state index contributed by atoms with van der Waals surface area (Å²) in [5, 5.41) is 51.0. The standard InChI is InChI=1S/2C16H32O2.C5H12O4/c2*1-2-3-4-5-6-7-8-9-10-11-12-13-14-15-16(17)18;6-1-5(2-7,3-8)4-9/h2*2-15H2,1H3,(H,17,18);6-9H,1-4H2. The molecule has 0 spiro atoms. The zero-order valence-electron chi connectivity index (χ0n) is 29.6. The van der Waals surface area contributed by atoms with E-state index in [-0.39, 0.29) is 0 Å². The Morgan fingerprint density at radius 1 is 0.356 bits per heavy atom. The van der Waals surface area contributed by atoms with Gasteiger partial charge >= 0.3 is 11.9 Å². The lowest BCUT2D eigenvalue weighted by Gasteiger charge is -2.23. The summed E-state index contributed by atoms with van der Waals surface area (Å²) >= 11 is 0. The Morgan fingerprint density at radius 2 is 0.533 bits per heavy atom. The molecule has 0 rings (SSSR count). The van der Waals surface area contributed by atoms with Crippen molar-refractivity contribution in [2.24, 2.45) is 5.41 Å². The quantitative estimate of drug-likeness (QED) is 0.0395. The second-order valence-electron chi connectivity index (χ2n) is 12.9. The fraction of sp³-hybridized carbons (Fsp3) is 0.946. The van der Waals surface area contributed by atoms with Crippen molar-refractivity contribution in [1.82, 2.24) is 0 Å². The summed E-state index contributed by atoms with van der Waals surface area (Å²) in [5.74, 6) is -1.31. The van der Waals surface area contributed by atoms with Gasteiger partial charge in [0.25, 0.3) is 0 Å². The lowest BCUT2D eigenvalue weighted by molar-refractivity contribution is -0.138. The van der Waals surface area contributed by atoms with Crippen molar-refractivity contribution in [3.05, 3.63) is 0 Å². The highest BCUT2D eigenvalue weighted by molar-refractivity contribution is 5.66. The average molecular weight is 649 g/mol. The minimum atomic E-state index is -1.11. The third-order valence-corrected chi connectivity index (χ3v) is 8.33. The molecule has 0 aliphatic rings. The van der Waals surface area contributed by atoms with Gasteiger partial charge in [-0.3, -0.25) is 9.59 Å². The van der Waals surface area contributed by atoms with Gasteiger partial charge in [-0.15, -0.1) is 0 Å². The van der Waals surface area contributed by atoms with Crippen molar-refractivity contribution >= 4 is 11.9 Å². The van der Waals surface area contributed by atoms with E-state index < -0.39 is 43.8 Å². The van der Waals surface area contributed by atoms with Crippen molar-refractivity contribution in [2.75, 3.05) is 26.4 Å². The van der Waals surface area contributed by atoms with E-state index in [0.717, 1.165) is 25.7 Å². The first kappa shape index (κ1) is 48.2. The van der Waals surface area contributed by atoms with E-state index >= 15 is 0 Å². The molecule has 8 heteroatoms. The summed E-state index contributed by atoms with van der Waals surface area (Å²) in [5.41, 5.74) is -1.11. The van der Waals surface area contributed by atoms with E-state index in [2.05, 4.69) is 13.8 Å². The minimum Gasteiger partial charge on any atom is -0.481 e. The highest BCUT2D eigenvalue weighted by atomic mass is 16.4. The number of carbonyl (C=O) groups is 2. The van der Waals surface area contributed by atoms with Gasteiger partial charge in [0, 0.05) is 12.8 Å². The van der Waals surface area contributed by atoms with Crippen molar-refractivity contribution in [3.63, 3.8) is 0 Å². The topological polar surface area (TPSA) is 156 Å². The number of carboxylic acid groups (broad SMARTS) is 2. The molecule has 0 amide bonds. The van der Waals surface area contributed by atoms with E-state index in [9.17, 15) is 9.59 Å². The number of rotatable bonds is 32. The summed E-state index contributed by atoms with van der Waals surface area (Å²) in [6, 6.07) is 0. The monoisotopic (exact) mass is 649 g/mol. The van der Waals surface area contributed by atoms with Gasteiger partial charge in [0.05, 0.1) is 31.8 Å². The van der Waals surface area contributed by atoms with E-state index in [1.165, 1.54) is 141 Å². The van der Waals surface area contributed by atoms with Crippen LogP contribution in [0.25, 0.3) is 0 Å². The van der Waals surface area contributed by atoms with Gasteiger partial charge in [-0.1, -0.05) is 168 Å². The fourth-order valence-electron chi connectivity index (χ4n) is 4.89. The second-order valence-corrected chi connectivity index (χ2v) is 12.9. The summed E-state index contributed by atoms with van der Waals surface area (Å²) in [7, 11) is 0. The Morgan fingerprint density at radius 3 is 0.667 bits per heavy atom. The molecule has 0 radical (unpaired) electrons. The highest BCUT2D eigenvalue weighted by Gasteiger charge is 2.26. The van der Waals surface area contributed by atoms with E-state index in [1.54, 1.807) is 0 Å². The Hall–Kier alpha value is -1.22. The number of aliphatic hydroxyl groups excluding tert-OH is 4. The van der Waals surface area contributed by atoms with Crippen LogP contribution in [0.1, 0.15) is 194 Å². The molecule has 0 fully saturated rings. The van der Waals surface area contributed by atoms with Crippen LogP contribution in [-0.2, 0) is 9.59 Å². The van der Waals surface area contributed by atoms with Crippen LogP contribution in [0.2, 0.25) is 0 Å². The zero-order valence-corrected chi connectivity index (χ0v) is 29.6. The molecule has 272 valence electrons.